The summed E-state index contributed by atoms with van der Waals surface area (Å²) >= 11 is 1.71. The van der Waals surface area contributed by atoms with Crippen LogP contribution < -0.4 is 0 Å². The molecular weight excluding hydrogens is 330 g/mol. The highest BCUT2D eigenvalue weighted by molar-refractivity contribution is 8.18. The average Bonchev–Trinajstić information content (AvgIpc) is 2.56. The second-order valence-electron chi connectivity index (χ2n) is 6.95. The van der Waals surface area contributed by atoms with Crippen molar-refractivity contribution >= 4 is 23.5 Å². The molecule has 0 N–H and O–H groups in total. The van der Waals surface area contributed by atoms with Gasteiger partial charge >= 0.3 is 4.59 Å². The first-order valence-corrected chi connectivity index (χ1v) is 10.8. The lowest BCUT2D eigenvalue weighted by molar-refractivity contribution is 0.202. The van der Waals surface area contributed by atoms with Crippen molar-refractivity contribution in [1.29, 1.82) is 0 Å². The molecule has 0 amide bonds. The van der Waals surface area contributed by atoms with E-state index >= 15 is 0 Å². The Labute approximate surface area is 147 Å². The van der Waals surface area contributed by atoms with E-state index in [0.717, 1.165) is 29.9 Å². The monoisotopic (exact) mass is 356 g/mol. The molecule has 1 saturated heterocycles. The van der Waals surface area contributed by atoms with Gasteiger partial charge < -0.3 is 0 Å². The van der Waals surface area contributed by atoms with Crippen molar-refractivity contribution in [2.24, 2.45) is 11.8 Å². The highest BCUT2D eigenvalue weighted by atomic mass is 32.2. The van der Waals surface area contributed by atoms with Crippen LogP contribution in [-0.2, 0) is 6.42 Å². The van der Waals surface area contributed by atoms with Gasteiger partial charge in [0, 0.05) is 11.5 Å². The maximum absolute atomic E-state index is 13.2. The molecule has 3 rings (SSSR count). The van der Waals surface area contributed by atoms with Crippen molar-refractivity contribution < 1.29 is 8.78 Å². The lowest BCUT2D eigenvalue weighted by Crippen LogP contribution is -2.30. The molecule has 2 aliphatic rings. The maximum atomic E-state index is 13.2. The van der Waals surface area contributed by atoms with Gasteiger partial charge in [-0.2, -0.15) is 8.78 Å². The summed E-state index contributed by atoms with van der Waals surface area (Å²) in [7, 11) is 0. The first-order chi connectivity index (χ1) is 11.1. The van der Waals surface area contributed by atoms with E-state index in [2.05, 4.69) is 31.2 Å². The summed E-state index contributed by atoms with van der Waals surface area (Å²) in [6, 6.07) is 9.18. The lowest BCUT2D eigenvalue weighted by atomic mass is 9.74. The highest BCUT2D eigenvalue weighted by Gasteiger charge is 2.40. The van der Waals surface area contributed by atoms with Crippen molar-refractivity contribution in [3.63, 3.8) is 0 Å². The minimum atomic E-state index is -2.55. The molecule has 1 aliphatic heterocycles. The molecule has 2 fully saturated rings. The van der Waals surface area contributed by atoms with Crippen LogP contribution in [0.25, 0.3) is 0 Å². The summed E-state index contributed by atoms with van der Waals surface area (Å²) in [5.74, 6) is 3.09. The Hall–Kier alpha value is -0.220. The molecular formula is C19H26F2S2. The van der Waals surface area contributed by atoms with Crippen molar-refractivity contribution in [3.8, 4) is 0 Å². The Morgan fingerprint density at radius 3 is 2.13 bits per heavy atom. The van der Waals surface area contributed by atoms with Crippen LogP contribution in [-0.4, -0.2) is 16.1 Å². The summed E-state index contributed by atoms with van der Waals surface area (Å²) < 4.78 is 23.9. The molecule has 0 radical (unpaired) electrons. The zero-order valence-electron chi connectivity index (χ0n) is 13.8. The van der Waals surface area contributed by atoms with E-state index in [1.165, 1.54) is 43.2 Å². The van der Waals surface area contributed by atoms with E-state index < -0.39 is 4.59 Å². The zero-order chi connectivity index (χ0) is 16.3. The second kappa shape index (κ2) is 7.77. The fraction of sp³-hybridized carbons (Fsp3) is 0.684. The molecule has 128 valence electrons. The van der Waals surface area contributed by atoms with Gasteiger partial charge in [-0.1, -0.05) is 61.1 Å². The van der Waals surface area contributed by atoms with E-state index in [4.69, 9.17) is 0 Å². The fourth-order valence-electron chi connectivity index (χ4n) is 3.94. The van der Waals surface area contributed by atoms with Gasteiger partial charge in [0.25, 0.3) is 0 Å². The third-order valence-electron chi connectivity index (χ3n) is 5.36. The first-order valence-electron chi connectivity index (χ1n) is 8.82. The van der Waals surface area contributed by atoms with Crippen LogP contribution in [0.15, 0.2) is 24.3 Å². The number of hydrogen-bond acceptors (Lipinski definition) is 2. The van der Waals surface area contributed by atoms with Crippen molar-refractivity contribution in [2.75, 3.05) is 11.5 Å². The second-order valence-corrected chi connectivity index (χ2v) is 9.48. The van der Waals surface area contributed by atoms with Crippen LogP contribution in [0.3, 0.4) is 0 Å². The maximum Gasteiger partial charge on any atom is 0.341 e. The van der Waals surface area contributed by atoms with Crippen molar-refractivity contribution in [3.05, 3.63) is 35.4 Å². The lowest BCUT2D eigenvalue weighted by Gasteiger charge is -2.37. The smallest absolute Gasteiger partial charge is 0.182 e. The summed E-state index contributed by atoms with van der Waals surface area (Å²) in [6.07, 6.45) is 7.22. The number of halogens is 2. The molecule has 0 bridgehead atoms. The van der Waals surface area contributed by atoms with E-state index in [9.17, 15) is 8.78 Å². The Bertz CT molecular complexity index is 483. The third-order valence-corrected chi connectivity index (χ3v) is 7.93. The van der Waals surface area contributed by atoms with E-state index in [1.807, 2.05) is 0 Å². The van der Waals surface area contributed by atoms with Gasteiger partial charge in [-0.15, -0.1) is 0 Å². The predicted molar refractivity (Wildman–Crippen MR) is 98.5 cm³/mol. The van der Waals surface area contributed by atoms with Gasteiger partial charge in [-0.25, -0.2) is 0 Å². The Kier molecular flexibility index (Phi) is 5.95. The first kappa shape index (κ1) is 17.6. The minimum Gasteiger partial charge on any atom is -0.182 e. The average molecular weight is 357 g/mol. The van der Waals surface area contributed by atoms with Crippen LogP contribution in [0.1, 0.15) is 56.1 Å². The SMILES string of the molecule is CCCc1ccc(C2CCC(C3CSC(F)(F)SC3)CC2)cc1. The quantitative estimate of drug-likeness (QED) is 0.599. The largest absolute Gasteiger partial charge is 0.341 e. The number of rotatable bonds is 4. The molecule has 1 aliphatic carbocycles. The Morgan fingerprint density at radius 2 is 1.57 bits per heavy atom. The van der Waals surface area contributed by atoms with Crippen LogP contribution >= 0.6 is 23.5 Å². The molecule has 0 aromatic heterocycles. The van der Waals surface area contributed by atoms with Crippen LogP contribution in [0.2, 0.25) is 0 Å². The van der Waals surface area contributed by atoms with Crippen LogP contribution in [0.4, 0.5) is 8.78 Å². The summed E-state index contributed by atoms with van der Waals surface area (Å²) in [6.45, 7) is 2.22. The normalized spacial score (nSPS) is 28.7. The Balaban J connectivity index is 1.50. The highest BCUT2D eigenvalue weighted by Crippen LogP contribution is 2.50. The summed E-state index contributed by atoms with van der Waals surface area (Å²) in [5.41, 5.74) is 2.91. The number of thioether (sulfide) groups is 2. The summed E-state index contributed by atoms with van der Waals surface area (Å²) in [5, 5.41) is 0. The molecule has 0 spiro atoms. The molecule has 1 heterocycles. The fourth-order valence-corrected chi connectivity index (χ4v) is 6.43. The van der Waals surface area contributed by atoms with Crippen LogP contribution in [0.5, 0.6) is 0 Å². The van der Waals surface area contributed by atoms with Crippen LogP contribution in [0, 0.1) is 11.8 Å². The Morgan fingerprint density at radius 1 is 0.957 bits per heavy atom. The molecule has 1 aromatic rings. The number of alkyl halides is 2. The molecule has 1 aromatic carbocycles. The molecule has 23 heavy (non-hydrogen) atoms. The van der Waals surface area contributed by atoms with Crippen molar-refractivity contribution in [2.45, 2.75) is 56.0 Å². The zero-order valence-corrected chi connectivity index (χ0v) is 15.4. The molecule has 1 saturated carbocycles. The molecule has 4 heteroatoms. The predicted octanol–water partition coefficient (Wildman–Crippen LogP) is 6.56. The van der Waals surface area contributed by atoms with Gasteiger partial charge in [-0.3, -0.25) is 0 Å². The van der Waals surface area contributed by atoms with Gasteiger partial charge in [0.1, 0.15) is 0 Å². The van der Waals surface area contributed by atoms with Gasteiger partial charge in [-0.05, 0) is 61.0 Å². The van der Waals surface area contributed by atoms with Gasteiger partial charge in [0.05, 0.1) is 0 Å². The number of hydrogen-bond donors (Lipinski definition) is 0. The van der Waals surface area contributed by atoms with Gasteiger partial charge in [0.2, 0.25) is 0 Å². The van der Waals surface area contributed by atoms with E-state index in [0.29, 0.717) is 29.3 Å². The van der Waals surface area contributed by atoms with E-state index in [1.54, 1.807) is 0 Å². The third kappa shape index (κ3) is 4.66. The molecule has 0 unspecified atom stereocenters. The minimum absolute atomic E-state index is 0.484. The molecule has 0 atom stereocenters. The standard InChI is InChI=1S/C19H26F2S2/c1-2-3-14-4-6-15(7-5-14)16-8-10-17(11-9-16)18-12-22-19(20,21)23-13-18/h4-7,16-18H,2-3,8-13H2,1H3. The van der Waals surface area contributed by atoms with Gasteiger partial charge in [0.15, 0.2) is 0 Å². The number of aryl methyl sites for hydroxylation is 1. The molecule has 0 nitrogen and oxygen atoms in total. The topological polar surface area (TPSA) is 0 Å². The summed E-state index contributed by atoms with van der Waals surface area (Å²) in [4.78, 5) is 0. The van der Waals surface area contributed by atoms with Crippen molar-refractivity contribution in [1.82, 2.24) is 0 Å². The number of benzene rings is 1. The van der Waals surface area contributed by atoms with E-state index in [-0.39, 0.29) is 0 Å².